The summed E-state index contributed by atoms with van der Waals surface area (Å²) in [5.41, 5.74) is 3.54. The third-order valence-electron chi connectivity index (χ3n) is 6.42. The van der Waals surface area contributed by atoms with Gasteiger partial charge >= 0.3 is 0 Å². The lowest BCUT2D eigenvalue weighted by Gasteiger charge is -2.36. The summed E-state index contributed by atoms with van der Waals surface area (Å²) in [5.74, 6) is -0.182. The minimum atomic E-state index is -3.87. The lowest BCUT2D eigenvalue weighted by molar-refractivity contribution is -0.385. The first-order valence-corrected chi connectivity index (χ1v) is 12.3. The van der Waals surface area contributed by atoms with E-state index in [0.717, 1.165) is 24.6 Å². The van der Waals surface area contributed by atoms with Crippen molar-refractivity contribution >= 4 is 27.3 Å². The van der Waals surface area contributed by atoms with Gasteiger partial charge in [0.1, 0.15) is 0 Å². The predicted molar refractivity (Wildman–Crippen MR) is 121 cm³/mol. The monoisotopic (exact) mass is 457 g/mol. The van der Waals surface area contributed by atoms with Crippen molar-refractivity contribution in [1.29, 1.82) is 0 Å². The van der Waals surface area contributed by atoms with E-state index in [1.165, 1.54) is 27.6 Å². The van der Waals surface area contributed by atoms with Crippen molar-refractivity contribution in [3.63, 3.8) is 0 Å². The lowest BCUT2D eigenvalue weighted by Crippen LogP contribution is -2.45. The Morgan fingerprint density at radius 1 is 1.06 bits per heavy atom. The smallest absolute Gasteiger partial charge is 0.270 e. The Bertz CT molecular complexity index is 1170. The Morgan fingerprint density at radius 3 is 2.47 bits per heavy atom. The van der Waals surface area contributed by atoms with Crippen molar-refractivity contribution in [2.45, 2.75) is 44.4 Å². The van der Waals surface area contributed by atoms with Crippen molar-refractivity contribution in [1.82, 2.24) is 4.31 Å². The number of fused-ring (bicyclic) bond motifs is 1. The van der Waals surface area contributed by atoms with Gasteiger partial charge in [0.05, 0.1) is 9.82 Å². The van der Waals surface area contributed by atoms with Gasteiger partial charge < -0.3 is 4.90 Å². The van der Waals surface area contributed by atoms with Crippen LogP contribution in [0.15, 0.2) is 41.3 Å². The van der Waals surface area contributed by atoms with Gasteiger partial charge in [0, 0.05) is 43.4 Å². The molecule has 0 N–H and O–H groups in total. The highest BCUT2D eigenvalue weighted by Gasteiger charge is 2.36. The molecule has 0 spiro atoms. The van der Waals surface area contributed by atoms with Gasteiger partial charge in [-0.1, -0.05) is 23.8 Å². The molecule has 0 radical (unpaired) electrons. The number of rotatable bonds is 4. The number of nitro benzene ring substituents is 1. The quantitative estimate of drug-likeness (QED) is 0.516. The van der Waals surface area contributed by atoms with Crippen molar-refractivity contribution < 1.29 is 18.1 Å². The minimum Gasteiger partial charge on any atom is -0.312 e. The number of nitro groups is 1. The average molecular weight is 458 g/mol. The number of anilines is 1. The number of carbonyl (C=O) groups is 1. The zero-order chi connectivity index (χ0) is 23.0. The van der Waals surface area contributed by atoms with Gasteiger partial charge in [-0.2, -0.15) is 4.31 Å². The molecule has 2 aromatic carbocycles. The molecule has 2 heterocycles. The summed E-state index contributed by atoms with van der Waals surface area (Å²) >= 11 is 0. The first-order chi connectivity index (χ1) is 15.2. The maximum Gasteiger partial charge on any atom is 0.270 e. The molecular formula is C23H27N3O5S. The zero-order valence-corrected chi connectivity index (χ0v) is 19.1. The van der Waals surface area contributed by atoms with Crippen LogP contribution in [0.5, 0.6) is 0 Å². The molecular weight excluding hydrogens is 430 g/mol. The van der Waals surface area contributed by atoms with Crippen molar-refractivity contribution in [3.05, 3.63) is 63.2 Å². The molecule has 4 rings (SSSR count). The van der Waals surface area contributed by atoms with Crippen LogP contribution in [0.2, 0.25) is 0 Å². The maximum absolute atomic E-state index is 13.3. The van der Waals surface area contributed by atoms with Crippen LogP contribution in [-0.2, 0) is 21.2 Å². The van der Waals surface area contributed by atoms with Crippen LogP contribution in [0.3, 0.4) is 0 Å². The Balaban J connectivity index is 1.49. The molecule has 0 atom stereocenters. The fourth-order valence-corrected chi connectivity index (χ4v) is 6.35. The van der Waals surface area contributed by atoms with Crippen LogP contribution in [0.25, 0.3) is 0 Å². The summed E-state index contributed by atoms with van der Waals surface area (Å²) in [6, 6.07) is 10.0. The van der Waals surface area contributed by atoms with Crippen LogP contribution in [0.1, 0.15) is 36.0 Å². The Morgan fingerprint density at radius 2 is 1.78 bits per heavy atom. The van der Waals surface area contributed by atoms with E-state index in [-0.39, 0.29) is 35.5 Å². The summed E-state index contributed by atoms with van der Waals surface area (Å²) in [7, 11) is -3.87. The number of carbonyl (C=O) groups excluding carboxylic acids is 1. The van der Waals surface area contributed by atoms with E-state index in [2.05, 4.69) is 6.07 Å². The number of non-ortho nitro benzene ring substituents is 1. The van der Waals surface area contributed by atoms with E-state index in [4.69, 9.17) is 0 Å². The molecule has 170 valence electrons. The molecule has 0 unspecified atom stereocenters. The number of hydrogen-bond acceptors (Lipinski definition) is 5. The molecule has 1 saturated heterocycles. The standard InChI is InChI=1S/C23H27N3O5S/c1-16-5-8-21-19(14-16)4-3-11-25(21)23(27)18-9-12-24(13-10-18)32(30,31)22-15-20(26(28)29)7-6-17(22)2/h5-8,14-15,18H,3-4,9-13H2,1-2H3. The third kappa shape index (κ3) is 4.14. The first kappa shape index (κ1) is 22.4. The lowest BCUT2D eigenvalue weighted by atomic mass is 9.93. The molecule has 8 nitrogen and oxygen atoms in total. The van der Waals surface area contributed by atoms with Crippen LogP contribution >= 0.6 is 0 Å². The van der Waals surface area contributed by atoms with E-state index in [0.29, 0.717) is 24.9 Å². The van der Waals surface area contributed by atoms with Gasteiger partial charge in [0.15, 0.2) is 0 Å². The Labute approximate surface area is 188 Å². The molecule has 9 heteroatoms. The topological polar surface area (TPSA) is 101 Å². The molecule has 1 amide bonds. The normalized spacial score (nSPS) is 17.8. The highest BCUT2D eigenvalue weighted by atomic mass is 32.2. The molecule has 1 fully saturated rings. The number of amides is 1. The van der Waals surface area contributed by atoms with Crippen molar-refractivity contribution in [2.24, 2.45) is 5.92 Å². The molecule has 2 aromatic rings. The van der Waals surface area contributed by atoms with E-state index < -0.39 is 14.9 Å². The Kier molecular flexibility index (Phi) is 6.05. The number of piperidine rings is 1. The van der Waals surface area contributed by atoms with Crippen LogP contribution in [0.4, 0.5) is 11.4 Å². The van der Waals surface area contributed by atoms with Gasteiger partial charge in [-0.05, 0) is 56.7 Å². The summed E-state index contributed by atoms with van der Waals surface area (Å²) in [5, 5.41) is 11.1. The summed E-state index contributed by atoms with van der Waals surface area (Å²) in [4.78, 5) is 25.6. The summed E-state index contributed by atoms with van der Waals surface area (Å²) in [6.45, 7) is 4.79. The fraction of sp³-hybridized carbons (Fsp3) is 0.435. The molecule has 0 aromatic heterocycles. The highest BCUT2D eigenvalue weighted by molar-refractivity contribution is 7.89. The number of aryl methyl sites for hydroxylation is 3. The Hall–Kier alpha value is -2.78. The SMILES string of the molecule is Cc1ccc2c(c1)CCCN2C(=O)C1CCN(S(=O)(=O)c2cc([N+](=O)[O-])ccc2C)CC1. The van der Waals surface area contributed by atoms with Crippen LogP contribution in [-0.4, -0.2) is 43.2 Å². The van der Waals surface area contributed by atoms with E-state index in [1.807, 2.05) is 24.0 Å². The van der Waals surface area contributed by atoms with Gasteiger partial charge in [0.2, 0.25) is 15.9 Å². The predicted octanol–water partition coefficient (Wildman–Crippen LogP) is 3.59. The molecule has 0 saturated carbocycles. The van der Waals surface area contributed by atoms with Gasteiger partial charge in [-0.15, -0.1) is 0 Å². The highest BCUT2D eigenvalue weighted by Crippen LogP contribution is 2.33. The van der Waals surface area contributed by atoms with E-state index in [1.54, 1.807) is 6.92 Å². The number of benzene rings is 2. The van der Waals surface area contributed by atoms with Crippen molar-refractivity contribution in [2.75, 3.05) is 24.5 Å². The van der Waals surface area contributed by atoms with E-state index >= 15 is 0 Å². The number of hydrogen-bond donors (Lipinski definition) is 0. The molecule has 32 heavy (non-hydrogen) atoms. The fourth-order valence-electron chi connectivity index (χ4n) is 4.64. The largest absolute Gasteiger partial charge is 0.312 e. The van der Waals surface area contributed by atoms with E-state index in [9.17, 15) is 23.3 Å². The van der Waals surface area contributed by atoms with Gasteiger partial charge in [-0.3, -0.25) is 14.9 Å². The molecule has 2 aliphatic rings. The summed E-state index contributed by atoms with van der Waals surface area (Å²) in [6.07, 6.45) is 2.75. The summed E-state index contributed by atoms with van der Waals surface area (Å²) < 4.78 is 27.7. The maximum atomic E-state index is 13.3. The molecule has 2 aliphatic heterocycles. The molecule has 0 bridgehead atoms. The second-order valence-corrected chi connectivity index (χ2v) is 10.5. The van der Waals surface area contributed by atoms with Gasteiger partial charge in [0.25, 0.3) is 5.69 Å². The van der Waals surface area contributed by atoms with Crippen molar-refractivity contribution in [3.8, 4) is 0 Å². The second-order valence-electron chi connectivity index (χ2n) is 8.61. The van der Waals surface area contributed by atoms with Crippen LogP contribution in [0, 0.1) is 29.9 Å². The minimum absolute atomic E-state index is 0.0446. The second kappa shape index (κ2) is 8.63. The molecule has 0 aliphatic carbocycles. The number of nitrogens with zero attached hydrogens (tertiary/aromatic N) is 3. The zero-order valence-electron chi connectivity index (χ0n) is 18.3. The third-order valence-corrected chi connectivity index (χ3v) is 8.46. The first-order valence-electron chi connectivity index (χ1n) is 10.8. The van der Waals surface area contributed by atoms with Crippen LogP contribution < -0.4 is 4.90 Å². The average Bonchev–Trinajstić information content (AvgIpc) is 2.78. The number of sulfonamides is 1. The van der Waals surface area contributed by atoms with Gasteiger partial charge in [-0.25, -0.2) is 8.42 Å².